The lowest BCUT2D eigenvalue weighted by Gasteiger charge is -2.12. The van der Waals surface area contributed by atoms with Crippen LogP contribution in [0.15, 0.2) is 54.6 Å². The van der Waals surface area contributed by atoms with Crippen molar-refractivity contribution in [2.45, 2.75) is 39.7 Å². The summed E-state index contributed by atoms with van der Waals surface area (Å²) in [4.78, 5) is 22.5. The van der Waals surface area contributed by atoms with Gasteiger partial charge in [-0.3, -0.25) is 4.79 Å². The maximum absolute atomic E-state index is 12.8. The highest BCUT2D eigenvalue weighted by Crippen LogP contribution is 2.25. The minimum absolute atomic E-state index is 0.271. The van der Waals surface area contributed by atoms with E-state index in [4.69, 9.17) is 26.3 Å². The number of nitrogens with one attached hydrogen (secondary N) is 1. The van der Waals surface area contributed by atoms with E-state index in [1.807, 2.05) is 31.2 Å². The molecule has 0 atom stereocenters. The smallest absolute Gasteiger partial charge is 0.257 e. The van der Waals surface area contributed by atoms with Crippen molar-refractivity contribution in [1.82, 2.24) is 14.5 Å². The SMILES string of the molecule is CCCCc1nc2cc(NC(=O)c3ccccc3Cl)c(C)nc2n1Cc1cccc(OC)c1. The average molecular weight is 463 g/mol. The molecule has 0 unspecified atom stereocenters. The van der Waals surface area contributed by atoms with Crippen LogP contribution in [-0.2, 0) is 13.0 Å². The maximum Gasteiger partial charge on any atom is 0.257 e. The Hall–Kier alpha value is -3.38. The van der Waals surface area contributed by atoms with Crippen molar-refractivity contribution in [3.8, 4) is 5.75 Å². The summed E-state index contributed by atoms with van der Waals surface area (Å²) < 4.78 is 7.54. The molecule has 0 aliphatic heterocycles. The molecule has 6 nitrogen and oxygen atoms in total. The molecular weight excluding hydrogens is 436 g/mol. The third-order valence-corrected chi connectivity index (χ3v) is 5.92. The number of halogens is 1. The van der Waals surface area contributed by atoms with Crippen molar-refractivity contribution in [2.24, 2.45) is 0 Å². The molecule has 7 heteroatoms. The predicted octanol–water partition coefficient (Wildman–Crippen LogP) is 6.04. The number of hydrogen-bond acceptors (Lipinski definition) is 4. The number of amides is 1. The van der Waals surface area contributed by atoms with Gasteiger partial charge in [0.2, 0.25) is 0 Å². The average Bonchev–Trinajstić information content (AvgIpc) is 3.14. The van der Waals surface area contributed by atoms with E-state index in [2.05, 4.69) is 22.9 Å². The van der Waals surface area contributed by atoms with Crippen LogP contribution in [0, 0.1) is 6.92 Å². The number of unbranched alkanes of at least 4 members (excludes halogenated alkanes) is 1. The summed E-state index contributed by atoms with van der Waals surface area (Å²) >= 11 is 6.19. The quantitative estimate of drug-likeness (QED) is 0.346. The first-order chi connectivity index (χ1) is 16.0. The van der Waals surface area contributed by atoms with Gasteiger partial charge in [-0.2, -0.15) is 0 Å². The highest BCUT2D eigenvalue weighted by molar-refractivity contribution is 6.34. The van der Waals surface area contributed by atoms with Gasteiger partial charge in [0.1, 0.15) is 17.1 Å². The molecule has 4 rings (SSSR count). The molecular formula is C26H27ClN4O2. The zero-order valence-corrected chi connectivity index (χ0v) is 19.8. The number of fused-ring (bicyclic) bond motifs is 1. The van der Waals surface area contributed by atoms with Gasteiger partial charge < -0.3 is 14.6 Å². The van der Waals surface area contributed by atoms with E-state index < -0.39 is 0 Å². The summed E-state index contributed by atoms with van der Waals surface area (Å²) in [6.07, 6.45) is 2.97. The number of rotatable bonds is 8. The van der Waals surface area contributed by atoms with Crippen LogP contribution in [-0.4, -0.2) is 27.6 Å². The summed E-state index contributed by atoms with van der Waals surface area (Å²) in [6, 6.07) is 16.9. The molecule has 0 saturated heterocycles. The summed E-state index contributed by atoms with van der Waals surface area (Å²) in [6.45, 7) is 4.70. The third-order valence-electron chi connectivity index (χ3n) is 5.59. The number of pyridine rings is 1. The number of imidazole rings is 1. The van der Waals surface area contributed by atoms with Crippen LogP contribution in [0.25, 0.3) is 11.2 Å². The molecule has 0 bridgehead atoms. The molecule has 170 valence electrons. The van der Waals surface area contributed by atoms with Crippen LogP contribution in [0.3, 0.4) is 0 Å². The minimum Gasteiger partial charge on any atom is -0.497 e. The van der Waals surface area contributed by atoms with Gasteiger partial charge in [-0.25, -0.2) is 9.97 Å². The molecule has 4 aromatic rings. The largest absolute Gasteiger partial charge is 0.497 e. The number of anilines is 1. The summed E-state index contributed by atoms with van der Waals surface area (Å²) in [7, 11) is 1.67. The molecule has 0 saturated carbocycles. The van der Waals surface area contributed by atoms with Crippen molar-refractivity contribution >= 4 is 34.4 Å². The molecule has 0 aliphatic carbocycles. The van der Waals surface area contributed by atoms with Crippen LogP contribution in [0.4, 0.5) is 5.69 Å². The summed E-state index contributed by atoms with van der Waals surface area (Å²) in [5.74, 6) is 1.53. The lowest BCUT2D eigenvalue weighted by atomic mass is 10.2. The molecule has 0 radical (unpaired) electrons. The Balaban J connectivity index is 1.71. The predicted molar refractivity (Wildman–Crippen MR) is 132 cm³/mol. The van der Waals surface area contributed by atoms with Gasteiger partial charge in [-0.15, -0.1) is 0 Å². The van der Waals surface area contributed by atoms with E-state index in [9.17, 15) is 4.79 Å². The molecule has 1 N–H and O–H groups in total. The van der Waals surface area contributed by atoms with Crippen molar-refractivity contribution in [1.29, 1.82) is 0 Å². The Bertz CT molecular complexity index is 1300. The molecule has 2 aromatic heterocycles. The Morgan fingerprint density at radius 3 is 2.70 bits per heavy atom. The van der Waals surface area contributed by atoms with E-state index in [1.54, 1.807) is 31.4 Å². The Morgan fingerprint density at radius 2 is 1.94 bits per heavy atom. The zero-order chi connectivity index (χ0) is 23.4. The second-order valence-electron chi connectivity index (χ2n) is 7.97. The van der Waals surface area contributed by atoms with Gasteiger partial charge in [0.05, 0.1) is 35.6 Å². The molecule has 0 spiro atoms. The Morgan fingerprint density at radius 1 is 1.12 bits per heavy atom. The van der Waals surface area contributed by atoms with Gasteiger partial charge in [-0.1, -0.05) is 49.2 Å². The number of benzene rings is 2. The molecule has 2 aromatic carbocycles. The lowest BCUT2D eigenvalue weighted by Crippen LogP contribution is -2.14. The number of aromatic nitrogens is 3. The Kier molecular flexibility index (Phi) is 6.94. The summed E-state index contributed by atoms with van der Waals surface area (Å²) in [5.41, 5.74) is 4.44. The van der Waals surface area contributed by atoms with Crippen LogP contribution in [0.1, 0.15) is 47.2 Å². The van der Waals surface area contributed by atoms with Crippen LogP contribution in [0.5, 0.6) is 5.75 Å². The maximum atomic E-state index is 12.8. The number of carbonyl (C=O) groups is 1. The van der Waals surface area contributed by atoms with Crippen molar-refractivity contribution in [3.05, 3.63) is 82.3 Å². The van der Waals surface area contributed by atoms with E-state index in [0.29, 0.717) is 22.8 Å². The number of aryl methyl sites for hydroxylation is 2. The molecule has 2 heterocycles. The fourth-order valence-corrected chi connectivity index (χ4v) is 4.01. The van der Waals surface area contributed by atoms with E-state index in [0.717, 1.165) is 53.3 Å². The van der Waals surface area contributed by atoms with E-state index >= 15 is 0 Å². The van der Waals surface area contributed by atoms with Crippen LogP contribution in [0.2, 0.25) is 5.02 Å². The fraction of sp³-hybridized carbons (Fsp3) is 0.269. The number of hydrogen-bond donors (Lipinski definition) is 1. The van der Waals surface area contributed by atoms with Crippen LogP contribution < -0.4 is 10.1 Å². The zero-order valence-electron chi connectivity index (χ0n) is 19.1. The highest BCUT2D eigenvalue weighted by atomic mass is 35.5. The highest BCUT2D eigenvalue weighted by Gasteiger charge is 2.17. The van der Waals surface area contributed by atoms with Gasteiger partial charge in [0.15, 0.2) is 5.65 Å². The standard InChI is InChI=1S/C26H27ClN4O2/c1-4-5-13-24-29-23-15-22(30-26(32)20-11-6-7-12-21(20)27)17(2)28-25(23)31(24)16-18-9-8-10-19(14-18)33-3/h6-12,14-15H,4-5,13,16H2,1-3H3,(H,30,32). The minimum atomic E-state index is -0.271. The number of methoxy groups -OCH3 is 1. The first-order valence-corrected chi connectivity index (χ1v) is 11.4. The van der Waals surface area contributed by atoms with Gasteiger partial charge >= 0.3 is 0 Å². The fourth-order valence-electron chi connectivity index (χ4n) is 3.79. The van der Waals surface area contributed by atoms with Gasteiger partial charge in [0.25, 0.3) is 5.91 Å². The molecule has 0 fully saturated rings. The van der Waals surface area contributed by atoms with E-state index in [1.165, 1.54) is 0 Å². The summed E-state index contributed by atoms with van der Waals surface area (Å²) in [5, 5.41) is 3.35. The van der Waals surface area contributed by atoms with Crippen LogP contribution >= 0.6 is 11.6 Å². The second kappa shape index (κ2) is 10.0. The molecule has 1 amide bonds. The van der Waals surface area contributed by atoms with Gasteiger partial charge in [0, 0.05) is 6.42 Å². The first-order valence-electron chi connectivity index (χ1n) is 11.1. The normalized spacial score (nSPS) is 11.0. The van der Waals surface area contributed by atoms with E-state index in [-0.39, 0.29) is 5.91 Å². The van der Waals surface area contributed by atoms with Crippen molar-refractivity contribution < 1.29 is 9.53 Å². The van der Waals surface area contributed by atoms with Gasteiger partial charge in [-0.05, 0) is 49.2 Å². The number of carbonyl (C=O) groups excluding carboxylic acids is 1. The molecule has 33 heavy (non-hydrogen) atoms. The third kappa shape index (κ3) is 5.01. The van der Waals surface area contributed by atoms with Crippen molar-refractivity contribution in [3.63, 3.8) is 0 Å². The monoisotopic (exact) mass is 462 g/mol. The van der Waals surface area contributed by atoms with Crippen molar-refractivity contribution in [2.75, 3.05) is 12.4 Å². The Labute approximate surface area is 198 Å². The second-order valence-corrected chi connectivity index (χ2v) is 8.37. The number of ether oxygens (including phenoxy) is 1. The topological polar surface area (TPSA) is 69.0 Å². The first kappa shape index (κ1) is 22.8. The number of nitrogens with zero attached hydrogens (tertiary/aromatic N) is 3. The molecule has 0 aliphatic rings. The lowest BCUT2D eigenvalue weighted by molar-refractivity contribution is 0.102.